The van der Waals surface area contributed by atoms with Crippen molar-refractivity contribution < 1.29 is 9.16 Å². The minimum atomic E-state index is -2.44. The molecule has 2 aromatic rings. The van der Waals surface area contributed by atoms with Crippen LogP contribution in [0.2, 0.25) is 5.04 Å². The maximum absolute atomic E-state index is 6.93. The van der Waals surface area contributed by atoms with E-state index in [-0.39, 0.29) is 10.6 Å². The first-order valence-corrected chi connectivity index (χ1v) is 12.7. The molecule has 0 amide bonds. The van der Waals surface area contributed by atoms with E-state index in [1.54, 1.807) is 0 Å². The molecular weight excluding hydrogens is 372 g/mol. The lowest BCUT2D eigenvalue weighted by Crippen LogP contribution is -2.66. The van der Waals surface area contributed by atoms with Gasteiger partial charge in [0, 0.05) is 0 Å². The van der Waals surface area contributed by atoms with Gasteiger partial charge in [-0.15, -0.1) is 0 Å². The van der Waals surface area contributed by atoms with Gasteiger partial charge in [-0.25, -0.2) is 0 Å². The molecule has 1 aliphatic rings. The maximum atomic E-state index is 6.93. The van der Waals surface area contributed by atoms with Crippen molar-refractivity contribution in [2.45, 2.75) is 71.1 Å². The van der Waals surface area contributed by atoms with Crippen LogP contribution in [0.25, 0.3) is 0 Å². The Morgan fingerprint density at radius 3 is 1.90 bits per heavy atom. The van der Waals surface area contributed by atoms with E-state index in [2.05, 4.69) is 108 Å². The van der Waals surface area contributed by atoms with Gasteiger partial charge in [0.1, 0.15) is 0 Å². The molecule has 3 rings (SSSR count). The maximum Gasteiger partial charge on any atom is 0.261 e. The van der Waals surface area contributed by atoms with Crippen molar-refractivity contribution in [1.82, 2.24) is 0 Å². The van der Waals surface area contributed by atoms with Crippen LogP contribution in [0.15, 0.2) is 72.3 Å². The molecule has 1 unspecified atom stereocenters. The van der Waals surface area contributed by atoms with Crippen molar-refractivity contribution >= 4 is 18.7 Å². The molecule has 0 aliphatic carbocycles. The van der Waals surface area contributed by atoms with E-state index in [1.165, 1.54) is 15.9 Å². The molecule has 1 atom stereocenters. The Morgan fingerprint density at radius 1 is 1.00 bits per heavy atom. The smallest absolute Gasteiger partial charge is 0.261 e. The van der Waals surface area contributed by atoms with Crippen LogP contribution in [0.4, 0.5) is 0 Å². The fourth-order valence-corrected chi connectivity index (χ4v) is 8.76. The third-order valence-corrected chi connectivity index (χ3v) is 11.1. The lowest BCUT2D eigenvalue weighted by Gasteiger charge is -2.42. The average Bonchev–Trinajstić information content (AvgIpc) is 3.30. The largest absolute Gasteiger partial charge is 0.404 e. The molecule has 29 heavy (non-hydrogen) atoms. The highest BCUT2D eigenvalue weighted by molar-refractivity contribution is 6.99. The Morgan fingerprint density at radius 2 is 1.48 bits per heavy atom. The molecule has 0 saturated carbocycles. The van der Waals surface area contributed by atoms with E-state index in [0.29, 0.717) is 12.7 Å². The Kier molecular flexibility index (Phi) is 6.52. The Balaban J connectivity index is 1.83. The number of hydrogen-bond donors (Lipinski definition) is 0. The van der Waals surface area contributed by atoms with Crippen LogP contribution in [0.3, 0.4) is 0 Å². The Bertz CT molecular complexity index is 779. The molecule has 3 heteroatoms. The molecule has 156 valence electrons. The van der Waals surface area contributed by atoms with Crippen LogP contribution >= 0.6 is 0 Å². The van der Waals surface area contributed by atoms with Crippen LogP contribution in [0.5, 0.6) is 0 Å². The van der Waals surface area contributed by atoms with E-state index < -0.39 is 8.32 Å². The monoisotopic (exact) mass is 408 g/mol. The van der Waals surface area contributed by atoms with E-state index >= 15 is 0 Å². The summed E-state index contributed by atoms with van der Waals surface area (Å²) in [5.41, 5.74) is 1.46. The molecule has 2 aromatic carbocycles. The quantitative estimate of drug-likeness (QED) is 0.328. The lowest BCUT2D eigenvalue weighted by molar-refractivity contribution is 0.319. The molecule has 0 bridgehead atoms. The fourth-order valence-electron chi connectivity index (χ4n) is 4.27. The molecule has 1 fully saturated rings. The molecule has 1 saturated heterocycles. The minimum Gasteiger partial charge on any atom is -0.404 e. The number of epoxide rings is 1. The molecule has 0 aromatic heterocycles. The number of ether oxygens (including phenoxy) is 1. The standard InChI is InChI=1S/C26H36O2Si/c1-21(17-18-24-26(5,6)28-24)19-20-27-29(25(2,3)4,22-13-9-7-10-14-22)23-15-11-8-12-16-23/h7-16,19,24H,17-18,20H2,1-6H3/b21-19+. The topological polar surface area (TPSA) is 21.8 Å². The third kappa shape index (κ3) is 4.91. The van der Waals surface area contributed by atoms with Gasteiger partial charge in [0.05, 0.1) is 18.3 Å². The Hall–Kier alpha value is -1.68. The molecule has 0 radical (unpaired) electrons. The van der Waals surface area contributed by atoms with Crippen molar-refractivity contribution in [3.63, 3.8) is 0 Å². The highest BCUT2D eigenvalue weighted by Gasteiger charge is 2.50. The fraction of sp³-hybridized carbons (Fsp3) is 0.462. The Labute approximate surface area is 178 Å². The number of hydrogen-bond acceptors (Lipinski definition) is 2. The first-order valence-electron chi connectivity index (χ1n) is 10.8. The number of allylic oxidation sites excluding steroid dienone is 1. The van der Waals surface area contributed by atoms with Crippen molar-refractivity contribution in [2.75, 3.05) is 6.61 Å². The summed E-state index contributed by atoms with van der Waals surface area (Å²) >= 11 is 0. The van der Waals surface area contributed by atoms with Crippen LogP contribution in [0.1, 0.15) is 54.4 Å². The molecule has 2 nitrogen and oxygen atoms in total. The molecule has 0 N–H and O–H groups in total. The summed E-state index contributed by atoms with van der Waals surface area (Å²) in [6.45, 7) is 14.2. The zero-order valence-corrected chi connectivity index (χ0v) is 19.9. The third-order valence-electron chi connectivity index (χ3n) is 6.11. The van der Waals surface area contributed by atoms with Crippen molar-refractivity contribution in [1.29, 1.82) is 0 Å². The normalized spacial score (nSPS) is 19.2. The van der Waals surface area contributed by atoms with Gasteiger partial charge in [-0.2, -0.15) is 0 Å². The summed E-state index contributed by atoms with van der Waals surface area (Å²) in [5.74, 6) is 0. The summed E-state index contributed by atoms with van der Waals surface area (Å²) in [6, 6.07) is 21.7. The highest BCUT2D eigenvalue weighted by Crippen LogP contribution is 2.39. The van der Waals surface area contributed by atoms with Crippen LogP contribution in [0, 0.1) is 0 Å². The summed E-state index contributed by atoms with van der Waals surface area (Å²) in [5, 5.41) is 2.68. The second-order valence-corrected chi connectivity index (χ2v) is 14.1. The van der Waals surface area contributed by atoms with Crippen molar-refractivity contribution in [3.8, 4) is 0 Å². The van der Waals surface area contributed by atoms with E-state index in [4.69, 9.17) is 9.16 Å². The van der Waals surface area contributed by atoms with E-state index in [0.717, 1.165) is 12.8 Å². The van der Waals surface area contributed by atoms with Gasteiger partial charge in [0.2, 0.25) is 0 Å². The van der Waals surface area contributed by atoms with E-state index in [9.17, 15) is 0 Å². The SMILES string of the molecule is C/C(=C\CO[Si](c1ccccc1)(c1ccccc1)C(C)(C)C)CCC1OC1(C)C. The zero-order valence-electron chi connectivity index (χ0n) is 18.9. The second-order valence-electron chi connectivity index (χ2n) is 9.77. The molecule has 1 heterocycles. The van der Waals surface area contributed by atoms with Gasteiger partial charge in [0.25, 0.3) is 8.32 Å². The van der Waals surface area contributed by atoms with Gasteiger partial charge in [-0.05, 0) is 49.0 Å². The number of benzene rings is 2. The van der Waals surface area contributed by atoms with Gasteiger partial charge in [0.15, 0.2) is 0 Å². The van der Waals surface area contributed by atoms with Gasteiger partial charge < -0.3 is 9.16 Å². The summed E-state index contributed by atoms with van der Waals surface area (Å²) in [6.07, 6.45) is 4.84. The summed E-state index contributed by atoms with van der Waals surface area (Å²) in [4.78, 5) is 0. The minimum absolute atomic E-state index is 0.0172. The predicted molar refractivity (Wildman–Crippen MR) is 126 cm³/mol. The lowest BCUT2D eigenvalue weighted by atomic mass is 10.0. The molecule has 0 spiro atoms. The molecule has 1 aliphatic heterocycles. The summed E-state index contributed by atoms with van der Waals surface area (Å²) < 4.78 is 12.7. The summed E-state index contributed by atoms with van der Waals surface area (Å²) in [7, 11) is -2.44. The average molecular weight is 409 g/mol. The van der Waals surface area contributed by atoms with Crippen molar-refractivity contribution in [2.24, 2.45) is 0 Å². The van der Waals surface area contributed by atoms with Crippen molar-refractivity contribution in [3.05, 3.63) is 72.3 Å². The van der Waals surface area contributed by atoms with Gasteiger partial charge >= 0.3 is 0 Å². The zero-order chi connectivity index (χ0) is 21.1. The highest BCUT2D eigenvalue weighted by atomic mass is 28.4. The number of rotatable bonds is 8. The van der Waals surface area contributed by atoms with Crippen LogP contribution in [-0.2, 0) is 9.16 Å². The van der Waals surface area contributed by atoms with E-state index in [1.807, 2.05) is 0 Å². The predicted octanol–water partition coefficient (Wildman–Crippen LogP) is 5.47. The van der Waals surface area contributed by atoms with Crippen LogP contribution in [-0.4, -0.2) is 26.6 Å². The van der Waals surface area contributed by atoms with Gasteiger partial charge in [-0.1, -0.05) is 93.1 Å². The first-order chi connectivity index (χ1) is 13.7. The van der Waals surface area contributed by atoms with Gasteiger partial charge in [-0.3, -0.25) is 0 Å². The first kappa shape index (κ1) is 22.0. The van der Waals surface area contributed by atoms with Crippen LogP contribution < -0.4 is 10.4 Å². The molecular formula is C26H36O2Si. The second kappa shape index (κ2) is 8.59.